The van der Waals surface area contributed by atoms with Gasteiger partial charge in [0.25, 0.3) is 11.7 Å². The molecular formula is C17H21N4O3S+. The van der Waals surface area contributed by atoms with Crippen LogP contribution in [-0.2, 0) is 0 Å². The number of hydrogen-bond donors (Lipinski definition) is 4. The van der Waals surface area contributed by atoms with E-state index in [1.807, 2.05) is 12.1 Å². The molecule has 3 rings (SSSR count). The van der Waals surface area contributed by atoms with E-state index in [0.717, 1.165) is 36.4 Å². The van der Waals surface area contributed by atoms with Crippen LogP contribution in [0.1, 0.15) is 23.2 Å². The maximum Gasteiger partial charge on any atom is 0.317 e. The fourth-order valence-corrected chi connectivity index (χ4v) is 3.83. The Hall–Kier alpha value is -2.58. The Bertz CT molecular complexity index is 767. The first-order chi connectivity index (χ1) is 12.0. The number of carbonyl (C=O) groups is 2. The van der Waals surface area contributed by atoms with Crippen LogP contribution in [0.3, 0.4) is 0 Å². The molecule has 1 fully saturated rings. The van der Waals surface area contributed by atoms with Gasteiger partial charge in [0, 0.05) is 23.1 Å². The minimum Gasteiger partial charge on any atom is -0.593 e. The lowest BCUT2D eigenvalue weighted by molar-refractivity contribution is 0.0931. The number of nitrogens with one attached hydrogen (secondary N) is 3. The van der Waals surface area contributed by atoms with E-state index in [0.29, 0.717) is 16.3 Å². The predicted molar refractivity (Wildman–Crippen MR) is 99.4 cm³/mol. The average Bonchev–Trinajstić information content (AvgIpc) is 2.99. The minimum atomic E-state index is -0.703. The standard InChI is InChI=1S/C17H20N4O3S/c18-17(24)21-16-13(15(23)20-11-5-7-19-8-6-11)9-14(25-16)10-1-3-12(22)4-2-10/h1-4,9,11,19,22H,5-8H2,(H,20,23)(H3,18,21,24)/p+1. The summed E-state index contributed by atoms with van der Waals surface area (Å²) >= 11 is 1.29. The van der Waals surface area contributed by atoms with Gasteiger partial charge in [0.2, 0.25) is 0 Å². The molecule has 1 aliphatic heterocycles. The Morgan fingerprint density at radius 2 is 1.88 bits per heavy atom. The average molecular weight is 361 g/mol. The van der Waals surface area contributed by atoms with Crippen LogP contribution in [0.2, 0.25) is 0 Å². The Kier molecular flexibility index (Phi) is 5.20. The van der Waals surface area contributed by atoms with Crippen molar-refractivity contribution in [3.8, 4) is 16.2 Å². The van der Waals surface area contributed by atoms with Crippen molar-refractivity contribution in [1.82, 2.24) is 10.6 Å². The van der Waals surface area contributed by atoms with Crippen LogP contribution in [0, 0.1) is 0 Å². The molecule has 25 heavy (non-hydrogen) atoms. The third-order valence-electron chi connectivity index (χ3n) is 4.06. The highest BCUT2D eigenvalue weighted by Crippen LogP contribution is 2.36. The minimum absolute atomic E-state index is 0.126. The molecule has 7 nitrogen and oxygen atoms in total. The fraction of sp³-hybridized carbons (Fsp3) is 0.294. The third kappa shape index (κ3) is 4.28. The Labute approximate surface area is 149 Å². The van der Waals surface area contributed by atoms with Crippen LogP contribution in [0.15, 0.2) is 30.3 Å². The summed E-state index contributed by atoms with van der Waals surface area (Å²) in [5.41, 5.74) is 6.53. The van der Waals surface area contributed by atoms with Gasteiger partial charge in [-0.1, -0.05) is 0 Å². The number of piperidine rings is 1. The van der Waals surface area contributed by atoms with E-state index in [1.165, 1.54) is 11.3 Å². The van der Waals surface area contributed by atoms with E-state index in [-0.39, 0.29) is 11.9 Å². The molecule has 8 heteroatoms. The quantitative estimate of drug-likeness (QED) is 0.622. The molecular weight excluding hydrogens is 340 g/mol. The lowest BCUT2D eigenvalue weighted by Crippen LogP contribution is -2.42. The number of benzene rings is 1. The summed E-state index contributed by atoms with van der Waals surface area (Å²) in [5.74, 6) is 0.204. The van der Waals surface area contributed by atoms with Gasteiger partial charge in [-0.3, -0.25) is 10.1 Å². The van der Waals surface area contributed by atoms with Crippen LogP contribution >= 0.6 is 11.3 Å². The molecule has 2 heterocycles. The molecule has 2 aromatic rings. The highest BCUT2D eigenvalue weighted by molar-refractivity contribution is 7.20. The molecule has 1 aromatic carbocycles. The van der Waals surface area contributed by atoms with Crippen molar-refractivity contribution in [3.05, 3.63) is 35.9 Å². The summed E-state index contributed by atoms with van der Waals surface area (Å²) in [7, 11) is 0. The van der Waals surface area contributed by atoms with Crippen molar-refractivity contribution >= 4 is 28.3 Å². The Morgan fingerprint density at radius 1 is 1.20 bits per heavy atom. The number of urea groups is 1. The van der Waals surface area contributed by atoms with Gasteiger partial charge < -0.3 is 21.5 Å². The molecule has 0 spiro atoms. The van der Waals surface area contributed by atoms with E-state index in [9.17, 15) is 9.59 Å². The van der Waals surface area contributed by atoms with Gasteiger partial charge in [0.1, 0.15) is 5.00 Å². The smallest absolute Gasteiger partial charge is 0.317 e. The molecule has 3 amide bonds. The first-order valence-corrected chi connectivity index (χ1v) is 8.88. The van der Waals surface area contributed by atoms with E-state index >= 15 is 0 Å². The predicted octanol–water partition coefficient (Wildman–Crippen LogP) is 1.83. The fourth-order valence-electron chi connectivity index (χ4n) is 2.77. The topological polar surface area (TPSA) is 119 Å². The zero-order valence-corrected chi connectivity index (χ0v) is 14.4. The van der Waals surface area contributed by atoms with Crippen LogP contribution in [0.5, 0.6) is 5.75 Å². The van der Waals surface area contributed by atoms with Gasteiger partial charge >= 0.3 is 6.03 Å². The second-order valence-corrected chi connectivity index (χ2v) is 6.97. The normalized spacial score (nSPS) is 14.9. The highest BCUT2D eigenvalue weighted by atomic mass is 32.1. The second-order valence-electron chi connectivity index (χ2n) is 5.92. The zero-order chi connectivity index (χ0) is 17.8. The van der Waals surface area contributed by atoms with Crippen molar-refractivity contribution in [2.45, 2.75) is 18.9 Å². The number of anilines is 1. The molecule has 0 aliphatic carbocycles. The molecule has 1 saturated heterocycles. The van der Waals surface area contributed by atoms with Crippen molar-refractivity contribution in [3.63, 3.8) is 0 Å². The SMILES string of the molecule is NC(=O)Nc1sc(-c2ccc([OH2+])cc2)cc1C(=O)NC1CCNCC1. The van der Waals surface area contributed by atoms with Crippen LogP contribution in [0.4, 0.5) is 9.80 Å². The molecule has 0 atom stereocenters. The highest BCUT2D eigenvalue weighted by Gasteiger charge is 2.22. The van der Waals surface area contributed by atoms with Crippen LogP contribution in [-0.4, -0.2) is 36.2 Å². The van der Waals surface area contributed by atoms with Crippen molar-refractivity contribution in [2.75, 3.05) is 18.4 Å². The molecule has 0 saturated carbocycles. The van der Waals surface area contributed by atoms with Crippen molar-refractivity contribution < 1.29 is 14.7 Å². The molecule has 0 radical (unpaired) electrons. The number of primary amides is 1. The van der Waals surface area contributed by atoms with E-state index < -0.39 is 6.03 Å². The summed E-state index contributed by atoms with van der Waals surface area (Å²) < 4.78 is 0. The van der Waals surface area contributed by atoms with Crippen molar-refractivity contribution in [2.24, 2.45) is 5.73 Å². The van der Waals surface area contributed by atoms with Crippen LogP contribution in [0.25, 0.3) is 10.4 Å². The Balaban J connectivity index is 1.86. The first-order valence-electron chi connectivity index (χ1n) is 8.07. The Morgan fingerprint density at radius 3 is 2.52 bits per heavy atom. The first kappa shape index (κ1) is 17.2. The number of amides is 3. The molecule has 7 N–H and O–H groups in total. The number of thiophene rings is 1. The number of carbonyl (C=O) groups excluding carboxylic acids is 2. The maximum atomic E-state index is 12.7. The molecule has 132 valence electrons. The molecule has 1 aromatic heterocycles. The van der Waals surface area contributed by atoms with Gasteiger partial charge in [-0.15, -0.1) is 11.3 Å². The second kappa shape index (κ2) is 7.54. The van der Waals surface area contributed by atoms with E-state index in [4.69, 9.17) is 10.8 Å². The van der Waals surface area contributed by atoms with Crippen LogP contribution < -0.4 is 21.7 Å². The van der Waals surface area contributed by atoms with E-state index in [2.05, 4.69) is 16.0 Å². The van der Waals surface area contributed by atoms with Gasteiger partial charge in [0.15, 0.2) is 0 Å². The number of rotatable bonds is 4. The largest absolute Gasteiger partial charge is 0.593 e. The lowest BCUT2D eigenvalue weighted by Gasteiger charge is -2.23. The van der Waals surface area contributed by atoms with Crippen molar-refractivity contribution in [1.29, 1.82) is 0 Å². The number of hydrogen-bond acceptors (Lipinski definition) is 4. The third-order valence-corrected chi connectivity index (χ3v) is 5.16. The summed E-state index contributed by atoms with van der Waals surface area (Å²) in [6, 6.07) is 8.18. The zero-order valence-electron chi connectivity index (χ0n) is 13.6. The van der Waals surface area contributed by atoms with Gasteiger partial charge in [-0.05, 0) is 49.7 Å². The van der Waals surface area contributed by atoms with E-state index in [1.54, 1.807) is 18.2 Å². The molecule has 1 aliphatic rings. The summed E-state index contributed by atoms with van der Waals surface area (Å²) in [5, 5.41) is 16.8. The van der Waals surface area contributed by atoms with Gasteiger partial charge in [0.05, 0.1) is 5.56 Å². The monoisotopic (exact) mass is 361 g/mol. The number of nitrogens with two attached hydrogens (primary N) is 1. The molecule has 0 unspecified atom stereocenters. The summed E-state index contributed by atoms with van der Waals surface area (Å²) in [4.78, 5) is 24.8. The molecule has 0 bridgehead atoms. The lowest BCUT2D eigenvalue weighted by atomic mass is 10.1. The summed E-state index contributed by atoms with van der Waals surface area (Å²) in [6.45, 7) is 1.76. The summed E-state index contributed by atoms with van der Waals surface area (Å²) in [6.07, 6.45) is 1.76. The maximum absolute atomic E-state index is 12.7. The van der Waals surface area contributed by atoms with Gasteiger partial charge in [-0.25, -0.2) is 4.79 Å². The van der Waals surface area contributed by atoms with Gasteiger partial charge in [-0.2, -0.15) is 0 Å².